The highest BCUT2D eigenvalue weighted by Gasteiger charge is 2.30. The predicted molar refractivity (Wildman–Crippen MR) is 437 cm³/mol. The van der Waals surface area contributed by atoms with Gasteiger partial charge in [-0.2, -0.15) is 0 Å². The van der Waals surface area contributed by atoms with Gasteiger partial charge in [0.1, 0.15) is 19.3 Å². The third kappa shape index (κ3) is 79.1. The summed E-state index contributed by atoms with van der Waals surface area (Å²) in [5.74, 6) is -2.19. The van der Waals surface area contributed by atoms with Crippen LogP contribution in [0.5, 0.6) is 0 Å². The highest BCUT2D eigenvalue weighted by molar-refractivity contribution is 7.47. The highest BCUT2D eigenvalue weighted by Crippen LogP contribution is 2.45. The van der Waals surface area contributed by atoms with E-state index in [0.29, 0.717) is 32.1 Å². The van der Waals surface area contributed by atoms with E-state index in [2.05, 4.69) is 64.2 Å². The fourth-order valence-corrected chi connectivity index (χ4v) is 14.2. The van der Waals surface area contributed by atoms with Crippen LogP contribution in [0.2, 0.25) is 0 Å². The summed E-state index contributed by atoms with van der Waals surface area (Å²) < 4.78 is 68.8. The minimum absolute atomic E-state index is 0.0258. The average Bonchev–Trinajstić information content (AvgIpc) is 0.902. The molecule has 17 nitrogen and oxygen atoms in total. The number of carbonyl (C=O) groups is 4. The van der Waals surface area contributed by atoms with Crippen molar-refractivity contribution in [3.05, 3.63) is 48.6 Å². The third-order valence-corrected chi connectivity index (χ3v) is 21.2. The normalized spacial score (nSPS) is 14.0. The minimum Gasteiger partial charge on any atom is -0.462 e. The van der Waals surface area contributed by atoms with E-state index in [-0.39, 0.29) is 25.7 Å². The summed E-state index contributed by atoms with van der Waals surface area (Å²) >= 11 is 0. The summed E-state index contributed by atoms with van der Waals surface area (Å²) in [6, 6.07) is 0. The number of unbranched alkanes of at least 4 members (excludes halogenated alkanes) is 50. The Morgan fingerprint density at radius 1 is 0.264 bits per heavy atom. The molecule has 0 aromatic heterocycles. The van der Waals surface area contributed by atoms with E-state index in [1.165, 1.54) is 250 Å². The molecule has 0 aromatic rings. The number of aliphatic hydroxyl groups excluding tert-OH is 1. The zero-order valence-corrected chi connectivity index (χ0v) is 70.2. The maximum absolute atomic E-state index is 13.1. The van der Waals surface area contributed by atoms with Gasteiger partial charge < -0.3 is 33.8 Å². The van der Waals surface area contributed by atoms with Gasteiger partial charge in [0, 0.05) is 25.7 Å². The molecule has 0 amide bonds. The van der Waals surface area contributed by atoms with Gasteiger partial charge in [-0.05, 0) is 64.2 Å². The molecule has 0 rings (SSSR count). The topological polar surface area (TPSA) is 237 Å². The molecule has 622 valence electrons. The van der Waals surface area contributed by atoms with Crippen molar-refractivity contribution in [2.75, 3.05) is 39.6 Å². The number of ether oxygens (including phenoxy) is 4. The zero-order valence-electron chi connectivity index (χ0n) is 68.4. The van der Waals surface area contributed by atoms with E-state index in [1.54, 1.807) is 0 Å². The number of hydrogen-bond donors (Lipinski definition) is 3. The molecule has 0 saturated heterocycles. The lowest BCUT2D eigenvalue weighted by molar-refractivity contribution is -0.161. The smallest absolute Gasteiger partial charge is 0.462 e. The van der Waals surface area contributed by atoms with Gasteiger partial charge in [0.05, 0.1) is 26.4 Å². The van der Waals surface area contributed by atoms with Crippen molar-refractivity contribution in [1.82, 2.24) is 0 Å². The van der Waals surface area contributed by atoms with Crippen molar-refractivity contribution in [1.29, 1.82) is 0 Å². The Hall–Kier alpha value is -2.98. The van der Waals surface area contributed by atoms with Crippen LogP contribution in [-0.2, 0) is 65.4 Å². The van der Waals surface area contributed by atoms with Gasteiger partial charge in [0.25, 0.3) is 0 Å². The van der Waals surface area contributed by atoms with Gasteiger partial charge in [-0.25, -0.2) is 9.13 Å². The van der Waals surface area contributed by atoms with Crippen LogP contribution < -0.4 is 0 Å². The molecule has 19 heteroatoms. The van der Waals surface area contributed by atoms with Gasteiger partial charge in [0.2, 0.25) is 0 Å². The zero-order chi connectivity index (χ0) is 77.4. The largest absolute Gasteiger partial charge is 0.472 e. The number of esters is 4. The Morgan fingerprint density at radius 3 is 0.745 bits per heavy atom. The Labute approximate surface area is 648 Å². The first-order valence-corrected chi connectivity index (χ1v) is 46.9. The number of carbonyl (C=O) groups excluding carboxylic acids is 4. The summed E-state index contributed by atoms with van der Waals surface area (Å²) in [5, 5.41) is 10.7. The van der Waals surface area contributed by atoms with Crippen LogP contribution in [0.15, 0.2) is 48.6 Å². The molecule has 0 radical (unpaired) electrons. The van der Waals surface area contributed by atoms with Gasteiger partial charge in [0.15, 0.2) is 12.2 Å². The molecule has 2 unspecified atom stereocenters. The summed E-state index contributed by atoms with van der Waals surface area (Å²) in [6.07, 6.45) is 80.8. The summed E-state index contributed by atoms with van der Waals surface area (Å²) in [5.41, 5.74) is 0. The van der Waals surface area contributed by atoms with Crippen LogP contribution in [0.3, 0.4) is 0 Å². The molecule has 0 fully saturated rings. The summed E-state index contributed by atoms with van der Waals surface area (Å²) in [7, 11) is -9.96. The Morgan fingerprint density at radius 2 is 0.472 bits per heavy atom. The Balaban J connectivity index is 5.35. The molecule has 0 aromatic carbocycles. The second-order valence-corrected chi connectivity index (χ2v) is 32.8. The Kier molecular flexibility index (Phi) is 77.8. The molecule has 106 heavy (non-hydrogen) atoms. The van der Waals surface area contributed by atoms with Crippen molar-refractivity contribution >= 4 is 39.5 Å². The molecular weight excluding hydrogens is 1380 g/mol. The first-order valence-electron chi connectivity index (χ1n) is 43.9. The molecule has 0 bridgehead atoms. The predicted octanol–water partition coefficient (Wildman–Crippen LogP) is 26.0. The van der Waals surface area contributed by atoms with Crippen molar-refractivity contribution in [2.24, 2.45) is 0 Å². The molecule has 3 N–H and O–H groups in total. The van der Waals surface area contributed by atoms with Crippen molar-refractivity contribution in [3.8, 4) is 0 Å². The van der Waals surface area contributed by atoms with E-state index in [1.807, 2.05) is 12.2 Å². The van der Waals surface area contributed by atoms with Crippen LogP contribution in [0.1, 0.15) is 426 Å². The number of phosphoric ester groups is 2. The number of hydrogen-bond acceptors (Lipinski definition) is 15. The lowest BCUT2D eigenvalue weighted by Crippen LogP contribution is -2.30. The molecule has 0 aliphatic carbocycles. The summed E-state index contributed by atoms with van der Waals surface area (Å²) in [4.78, 5) is 73.2. The van der Waals surface area contributed by atoms with E-state index in [4.69, 9.17) is 37.0 Å². The fourth-order valence-electron chi connectivity index (χ4n) is 12.6. The second kappa shape index (κ2) is 80.1. The quantitative estimate of drug-likeness (QED) is 0.0169. The molecule has 0 heterocycles. The highest BCUT2D eigenvalue weighted by atomic mass is 31.2. The van der Waals surface area contributed by atoms with Crippen LogP contribution in [0, 0.1) is 0 Å². The van der Waals surface area contributed by atoms with Crippen molar-refractivity contribution in [2.45, 2.75) is 444 Å². The lowest BCUT2D eigenvalue weighted by atomic mass is 10.0. The van der Waals surface area contributed by atoms with Gasteiger partial charge in [-0.1, -0.05) is 385 Å². The van der Waals surface area contributed by atoms with Crippen LogP contribution in [0.25, 0.3) is 0 Å². The van der Waals surface area contributed by atoms with Crippen LogP contribution in [-0.4, -0.2) is 96.7 Å². The number of phosphoric acid groups is 2. The standard InChI is InChI=1S/C87H162O17P2/c1-5-9-13-17-21-25-29-33-37-40-44-48-52-56-60-64-68-72-85(90)98-78-83(104-87(92)74-70-66-62-58-54-50-46-42-39-35-31-27-23-19-15-11-7-3)80-102-106(95,96)100-76-81(88)75-99-105(93,94)101-79-82(77-97-84(89)71-67-63-59-55-51-47-43-36-32-28-24-20-16-12-8-4)103-86(91)73-69-65-61-57-53-49-45-41-38-34-30-26-22-18-14-10-6-2/h22,26,34,38,45,49,57,61,81-83,88H,5-21,23-25,27-33,35-37,39-44,46-48,50-56,58-60,62-80H2,1-4H3,(H,93,94)(H,95,96)/b26-22-,38-34-,49-45-,61-57-/t81-,82-,83-/m1/s1. The second-order valence-electron chi connectivity index (χ2n) is 29.9. The first-order chi connectivity index (χ1) is 51.7. The fraction of sp³-hybridized carbons (Fsp3) is 0.862. The Bertz CT molecular complexity index is 2190. The molecule has 0 aliphatic rings. The number of allylic oxidation sites excluding steroid dienone is 8. The van der Waals surface area contributed by atoms with Crippen LogP contribution >= 0.6 is 15.6 Å². The maximum Gasteiger partial charge on any atom is 0.472 e. The molecule has 0 spiro atoms. The molecule has 5 atom stereocenters. The molecular formula is C87H162O17P2. The summed E-state index contributed by atoms with van der Waals surface area (Å²) in [6.45, 7) is 4.93. The monoisotopic (exact) mass is 1540 g/mol. The SMILES string of the molecule is CCCCC/C=C\C/C=C\C/C=C\C/C=C\CCCC(=O)O[C@H](COC(=O)CCCCCCCCCCCCCCCCC)COP(=O)(O)OC[C@@H](O)COP(=O)(O)OC[C@@H](COC(=O)CCCCCCCCCCCCCCCCCCC)OC(=O)CCCCCCCCCCCCCCCCCCC. The minimum atomic E-state index is -4.99. The van der Waals surface area contributed by atoms with Crippen molar-refractivity contribution in [3.63, 3.8) is 0 Å². The van der Waals surface area contributed by atoms with E-state index < -0.39 is 97.5 Å². The molecule has 0 aliphatic heterocycles. The number of rotatable bonds is 84. The van der Waals surface area contributed by atoms with Crippen molar-refractivity contribution < 1.29 is 80.2 Å². The van der Waals surface area contributed by atoms with E-state index in [0.717, 1.165) is 89.9 Å². The van der Waals surface area contributed by atoms with E-state index >= 15 is 0 Å². The van der Waals surface area contributed by atoms with Gasteiger partial charge >= 0.3 is 39.5 Å². The third-order valence-electron chi connectivity index (χ3n) is 19.3. The van der Waals surface area contributed by atoms with E-state index in [9.17, 15) is 43.2 Å². The van der Waals surface area contributed by atoms with Gasteiger partial charge in [-0.3, -0.25) is 37.3 Å². The van der Waals surface area contributed by atoms with Crippen LogP contribution in [0.4, 0.5) is 0 Å². The average molecular weight is 1540 g/mol. The van der Waals surface area contributed by atoms with Gasteiger partial charge in [-0.15, -0.1) is 0 Å². The lowest BCUT2D eigenvalue weighted by Gasteiger charge is -2.21. The maximum atomic E-state index is 13.1. The number of aliphatic hydroxyl groups is 1. The first kappa shape index (κ1) is 103. The molecule has 0 saturated carbocycles.